The molecule has 0 spiro atoms. The van der Waals surface area contributed by atoms with Crippen LogP contribution < -0.4 is 4.90 Å². The average molecular weight is 294 g/mol. The minimum absolute atomic E-state index is 0.788. The van der Waals surface area contributed by atoms with Crippen molar-refractivity contribution in [2.75, 3.05) is 31.1 Å². The Kier molecular flexibility index (Phi) is 3.77. The summed E-state index contributed by atoms with van der Waals surface area (Å²) >= 11 is 0. The molecule has 2 saturated heterocycles. The molecule has 4 nitrogen and oxygen atoms in total. The van der Waals surface area contributed by atoms with E-state index >= 15 is 0 Å². The number of nitrogens with zero attached hydrogens (tertiary/aromatic N) is 4. The maximum absolute atomic E-state index is 4.26. The number of fused-ring (bicyclic) bond motifs is 1. The molecular weight excluding hydrogens is 272 g/mol. The SMILES string of the molecule is c1cncc(N2CC[C@H]3CN(Cc4ccncc4)C[C@H]3C2)c1. The van der Waals surface area contributed by atoms with Gasteiger partial charge in [0.15, 0.2) is 0 Å². The Morgan fingerprint density at radius 3 is 2.64 bits per heavy atom. The van der Waals surface area contributed by atoms with Crippen LogP contribution in [0.2, 0.25) is 0 Å². The van der Waals surface area contributed by atoms with Crippen molar-refractivity contribution >= 4 is 5.69 Å². The molecule has 2 atom stereocenters. The molecule has 0 N–H and O–H groups in total. The number of anilines is 1. The molecule has 4 heterocycles. The van der Waals surface area contributed by atoms with Crippen molar-refractivity contribution in [2.24, 2.45) is 11.8 Å². The van der Waals surface area contributed by atoms with Crippen molar-refractivity contribution in [2.45, 2.75) is 13.0 Å². The Balaban J connectivity index is 1.40. The molecule has 2 aromatic heterocycles. The summed E-state index contributed by atoms with van der Waals surface area (Å²) in [5.41, 5.74) is 2.64. The summed E-state index contributed by atoms with van der Waals surface area (Å²) in [6.07, 6.45) is 8.92. The van der Waals surface area contributed by atoms with E-state index in [4.69, 9.17) is 0 Å². The molecule has 4 rings (SSSR count). The summed E-state index contributed by atoms with van der Waals surface area (Å²) in [6, 6.07) is 8.47. The largest absolute Gasteiger partial charge is 0.370 e. The van der Waals surface area contributed by atoms with E-state index in [1.54, 1.807) is 0 Å². The van der Waals surface area contributed by atoms with Gasteiger partial charge in [0.1, 0.15) is 0 Å². The molecule has 0 saturated carbocycles. The van der Waals surface area contributed by atoms with Crippen molar-refractivity contribution in [1.29, 1.82) is 0 Å². The van der Waals surface area contributed by atoms with E-state index in [9.17, 15) is 0 Å². The molecule has 2 fully saturated rings. The molecule has 0 amide bonds. The van der Waals surface area contributed by atoms with Crippen LogP contribution in [0.4, 0.5) is 5.69 Å². The third kappa shape index (κ3) is 2.83. The van der Waals surface area contributed by atoms with Crippen LogP contribution in [0.5, 0.6) is 0 Å². The zero-order chi connectivity index (χ0) is 14.8. The molecular formula is C18H22N4. The van der Waals surface area contributed by atoms with E-state index in [1.807, 2.05) is 30.9 Å². The van der Waals surface area contributed by atoms with Crippen LogP contribution in [0.15, 0.2) is 49.1 Å². The number of likely N-dealkylation sites (tertiary alicyclic amines) is 1. The second-order valence-electron chi connectivity index (χ2n) is 6.52. The van der Waals surface area contributed by atoms with Crippen LogP contribution in [0.1, 0.15) is 12.0 Å². The second kappa shape index (κ2) is 6.05. The maximum Gasteiger partial charge on any atom is 0.0552 e. The van der Waals surface area contributed by atoms with E-state index in [1.165, 1.54) is 37.3 Å². The first-order valence-corrected chi connectivity index (χ1v) is 8.15. The molecule has 0 unspecified atom stereocenters. The Morgan fingerprint density at radius 1 is 0.955 bits per heavy atom. The summed E-state index contributed by atoms with van der Waals surface area (Å²) in [7, 11) is 0. The lowest BCUT2D eigenvalue weighted by molar-refractivity contribution is 0.314. The van der Waals surface area contributed by atoms with E-state index in [0.29, 0.717) is 0 Å². The fraction of sp³-hybridized carbons (Fsp3) is 0.444. The van der Waals surface area contributed by atoms with Crippen LogP contribution in [-0.2, 0) is 6.54 Å². The van der Waals surface area contributed by atoms with Crippen molar-refractivity contribution < 1.29 is 0 Å². The van der Waals surface area contributed by atoms with Crippen molar-refractivity contribution in [1.82, 2.24) is 14.9 Å². The quantitative estimate of drug-likeness (QED) is 0.870. The highest BCUT2D eigenvalue weighted by Gasteiger charge is 2.36. The monoisotopic (exact) mass is 294 g/mol. The van der Waals surface area contributed by atoms with E-state index in [2.05, 4.69) is 38.0 Å². The molecule has 0 aromatic carbocycles. The standard InChI is InChI=1S/C18H22N4/c1-2-18(10-20-6-1)22-9-5-16-12-21(13-17(16)14-22)11-15-3-7-19-8-4-15/h1-4,6-8,10,16-17H,5,9,11-14H2/t16-,17-/m0/s1. The molecule has 2 aliphatic heterocycles. The Labute approximate surface area is 131 Å². The first-order chi connectivity index (χ1) is 10.9. The number of hydrogen-bond acceptors (Lipinski definition) is 4. The average Bonchev–Trinajstić information content (AvgIpc) is 2.98. The molecule has 22 heavy (non-hydrogen) atoms. The van der Waals surface area contributed by atoms with Crippen LogP contribution in [0, 0.1) is 11.8 Å². The van der Waals surface area contributed by atoms with Gasteiger partial charge in [-0.2, -0.15) is 0 Å². The van der Waals surface area contributed by atoms with Gasteiger partial charge in [0.25, 0.3) is 0 Å². The Morgan fingerprint density at radius 2 is 1.82 bits per heavy atom. The fourth-order valence-corrected chi connectivity index (χ4v) is 3.92. The Hall–Kier alpha value is -1.94. The molecule has 0 aliphatic carbocycles. The highest BCUT2D eigenvalue weighted by atomic mass is 15.2. The number of rotatable bonds is 3. The van der Waals surface area contributed by atoms with Crippen LogP contribution in [-0.4, -0.2) is 41.0 Å². The van der Waals surface area contributed by atoms with Gasteiger partial charge in [-0.15, -0.1) is 0 Å². The number of piperidine rings is 1. The first-order valence-electron chi connectivity index (χ1n) is 8.15. The number of hydrogen-bond donors (Lipinski definition) is 0. The lowest BCUT2D eigenvalue weighted by Crippen LogP contribution is -2.40. The lowest BCUT2D eigenvalue weighted by atomic mass is 9.88. The molecule has 114 valence electrons. The summed E-state index contributed by atoms with van der Waals surface area (Å²) in [5, 5.41) is 0. The zero-order valence-electron chi connectivity index (χ0n) is 12.8. The highest BCUT2D eigenvalue weighted by Crippen LogP contribution is 2.33. The topological polar surface area (TPSA) is 32.3 Å². The molecule has 2 aromatic rings. The van der Waals surface area contributed by atoms with Crippen molar-refractivity contribution in [3.05, 3.63) is 54.6 Å². The van der Waals surface area contributed by atoms with Crippen LogP contribution in [0.3, 0.4) is 0 Å². The third-order valence-corrected chi connectivity index (χ3v) is 5.04. The summed E-state index contributed by atoms with van der Waals surface area (Å²) < 4.78 is 0. The number of aromatic nitrogens is 2. The first kappa shape index (κ1) is 13.7. The van der Waals surface area contributed by atoms with Crippen molar-refractivity contribution in [3.8, 4) is 0 Å². The van der Waals surface area contributed by atoms with E-state index < -0.39 is 0 Å². The van der Waals surface area contributed by atoms with Gasteiger partial charge in [-0.25, -0.2) is 0 Å². The van der Waals surface area contributed by atoms with Gasteiger partial charge in [-0.05, 0) is 48.1 Å². The molecule has 0 radical (unpaired) electrons. The summed E-state index contributed by atoms with van der Waals surface area (Å²) in [4.78, 5) is 13.5. The zero-order valence-corrected chi connectivity index (χ0v) is 12.8. The van der Waals surface area contributed by atoms with Gasteiger partial charge in [0, 0.05) is 51.3 Å². The molecule has 2 aliphatic rings. The van der Waals surface area contributed by atoms with Gasteiger partial charge in [-0.1, -0.05) is 0 Å². The van der Waals surface area contributed by atoms with Gasteiger partial charge in [0.05, 0.1) is 11.9 Å². The highest BCUT2D eigenvalue weighted by molar-refractivity contribution is 5.44. The van der Waals surface area contributed by atoms with Gasteiger partial charge >= 0.3 is 0 Å². The van der Waals surface area contributed by atoms with Crippen molar-refractivity contribution in [3.63, 3.8) is 0 Å². The smallest absolute Gasteiger partial charge is 0.0552 e. The van der Waals surface area contributed by atoms with E-state index in [-0.39, 0.29) is 0 Å². The third-order valence-electron chi connectivity index (χ3n) is 5.04. The molecule has 0 bridgehead atoms. The minimum atomic E-state index is 0.788. The maximum atomic E-state index is 4.26. The van der Waals surface area contributed by atoms with Gasteiger partial charge in [0.2, 0.25) is 0 Å². The lowest BCUT2D eigenvalue weighted by Gasteiger charge is -2.35. The Bertz CT molecular complexity index is 601. The molecule has 4 heteroatoms. The van der Waals surface area contributed by atoms with E-state index in [0.717, 1.165) is 24.9 Å². The number of pyridine rings is 2. The summed E-state index contributed by atoms with van der Waals surface area (Å²) in [5.74, 6) is 1.64. The second-order valence-corrected chi connectivity index (χ2v) is 6.52. The predicted octanol–water partition coefficient (Wildman–Crippen LogP) is 2.43. The normalized spacial score (nSPS) is 25.2. The summed E-state index contributed by atoms with van der Waals surface area (Å²) in [6.45, 7) is 5.85. The van der Waals surface area contributed by atoms with Crippen LogP contribution >= 0.6 is 0 Å². The fourth-order valence-electron chi connectivity index (χ4n) is 3.92. The minimum Gasteiger partial charge on any atom is -0.370 e. The van der Waals surface area contributed by atoms with Crippen LogP contribution in [0.25, 0.3) is 0 Å². The predicted molar refractivity (Wildman–Crippen MR) is 87.6 cm³/mol. The van der Waals surface area contributed by atoms with Gasteiger partial charge < -0.3 is 4.90 Å². The van der Waals surface area contributed by atoms with Gasteiger partial charge in [-0.3, -0.25) is 14.9 Å².